The summed E-state index contributed by atoms with van der Waals surface area (Å²) in [7, 11) is 0. The van der Waals surface area contributed by atoms with Crippen molar-refractivity contribution in [2.24, 2.45) is 0 Å². The van der Waals surface area contributed by atoms with E-state index < -0.39 is 5.97 Å². The third-order valence-corrected chi connectivity index (χ3v) is 4.48. The van der Waals surface area contributed by atoms with Gasteiger partial charge in [0.05, 0.1) is 24.3 Å². The Bertz CT molecular complexity index is 724. The Hall–Kier alpha value is -2.34. The van der Waals surface area contributed by atoms with Crippen LogP contribution in [-0.4, -0.2) is 25.1 Å². The third-order valence-electron chi connectivity index (χ3n) is 3.29. The van der Waals surface area contributed by atoms with Crippen LogP contribution in [0.2, 0.25) is 0 Å². The number of carbonyl (C=O) groups is 2. The fourth-order valence-corrected chi connectivity index (χ4v) is 3.15. The van der Waals surface area contributed by atoms with Crippen LogP contribution < -0.4 is 10.1 Å². The van der Waals surface area contributed by atoms with Gasteiger partial charge in [0, 0.05) is 4.88 Å². The van der Waals surface area contributed by atoms with Crippen molar-refractivity contribution >= 4 is 28.2 Å². The summed E-state index contributed by atoms with van der Waals surface area (Å²) in [5.41, 5.74) is 0.821. The first-order valence-electron chi connectivity index (χ1n) is 7.93. The number of anilines is 1. The number of rotatable bonds is 7. The van der Waals surface area contributed by atoms with Crippen LogP contribution in [0.4, 0.5) is 5.00 Å². The van der Waals surface area contributed by atoms with Crippen molar-refractivity contribution < 1.29 is 19.1 Å². The molecule has 2 rings (SSSR count). The van der Waals surface area contributed by atoms with E-state index >= 15 is 0 Å². The molecule has 0 spiro atoms. The topological polar surface area (TPSA) is 64.6 Å². The normalized spacial score (nSPS) is 10.3. The van der Waals surface area contributed by atoms with E-state index in [-0.39, 0.29) is 12.5 Å². The highest BCUT2D eigenvalue weighted by molar-refractivity contribution is 7.16. The number of benzene rings is 1. The molecule has 0 saturated carbocycles. The fourth-order valence-electron chi connectivity index (χ4n) is 2.18. The summed E-state index contributed by atoms with van der Waals surface area (Å²) in [6.45, 7) is 6.37. The van der Waals surface area contributed by atoms with Gasteiger partial charge < -0.3 is 14.8 Å². The highest BCUT2D eigenvalue weighted by Gasteiger charge is 2.20. The number of nitrogens with one attached hydrogen (secondary N) is 1. The number of aryl methyl sites for hydroxylation is 1. The maximum Gasteiger partial charge on any atom is 0.341 e. The first-order chi connectivity index (χ1) is 11.6. The second-order valence-corrected chi connectivity index (χ2v) is 6.05. The lowest BCUT2D eigenvalue weighted by Gasteiger charge is -2.10. The van der Waals surface area contributed by atoms with E-state index in [4.69, 9.17) is 9.47 Å². The van der Waals surface area contributed by atoms with Gasteiger partial charge in [-0.2, -0.15) is 0 Å². The maximum atomic E-state index is 12.6. The predicted octanol–water partition coefficient (Wildman–Crippen LogP) is 4.14. The van der Waals surface area contributed by atoms with Crippen molar-refractivity contribution in [2.75, 3.05) is 18.5 Å². The van der Waals surface area contributed by atoms with Gasteiger partial charge in [-0.1, -0.05) is 19.1 Å². The van der Waals surface area contributed by atoms with E-state index in [0.29, 0.717) is 28.5 Å². The lowest BCUT2D eigenvalue weighted by Crippen LogP contribution is -2.15. The zero-order valence-electron chi connectivity index (χ0n) is 14.0. The van der Waals surface area contributed by atoms with E-state index in [1.54, 1.807) is 31.2 Å². The van der Waals surface area contributed by atoms with Crippen molar-refractivity contribution in [3.63, 3.8) is 0 Å². The standard InChI is InChI=1S/C18H21NO4S/c1-4-12-11-14(18(21)23-6-3)17(24-12)19-16(20)13-9-7-8-10-15(13)22-5-2/h7-11H,4-6H2,1-3H3,(H,19,20). The van der Waals surface area contributed by atoms with Crippen LogP contribution in [0.25, 0.3) is 0 Å². The van der Waals surface area contributed by atoms with Crippen LogP contribution in [0.1, 0.15) is 46.4 Å². The zero-order chi connectivity index (χ0) is 17.5. The molecule has 1 heterocycles. The van der Waals surface area contributed by atoms with Gasteiger partial charge in [0.25, 0.3) is 5.91 Å². The molecule has 0 aliphatic heterocycles. The predicted molar refractivity (Wildman–Crippen MR) is 95.2 cm³/mol. The van der Waals surface area contributed by atoms with Crippen molar-refractivity contribution in [3.05, 3.63) is 46.3 Å². The Labute approximate surface area is 145 Å². The molecular formula is C18H21NO4S. The zero-order valence-corrected chi connectivity index (χ0v) is 14.9. The molecule has 0 radical (unpaired) electrons. The number of ether oxygens (including phenoxy) is 2. The minimum absolute atomic E-state index is 0.288. The van der Waals surface area contributed by atoms with E-state index in [2.05, 4.69) is 5.32 Å². The van der Waals surface area contributed by atoms with Crippen LogP contribution in [0.15, 0.2) is 30.3 Å². The number of amides is 1. The van der Waals surface area contributed by atoms with Crippen LogP contribution in [0.3, 0.4) is 0 Å². The van der Waals surface area contributed by atoms with Crippen LogP contribution >= 0.6 is 11.3 Å². The molecule has 6 heteroatoms. The summed E-state index contributed by atoms with van der Waals surface area (Å²) < 4.78 is 10.6. The van der Waals surface area contributed by atoms with Crippen molar-refractivity contribution in [2.45, 2.75) is 27.2 Å². The summed E-state index contributed by atoms with van der Waals surface area (Å²) in [4.78, 5) is 25.7. The van der Waals surface area contributed by atoms with E-state index in [1.807, 2.05) is 19.9 Å². The van der Waals surface area contributed by atoms with Gasteiger partial charge in [0.15, 0.2) is 0 Å². The average molecular weight is 347 g/mol. The minimum Gasteiger partial charge on any atom is -0.493 e. The third kappa shape index (κ3) is 4.14. The van der Waals surface area contributed by atoms with Gasteiger partial charge >= 0.3 is 5.97 Å². The van der Waals surface area contributed by atoms with Gasteiger partial charge in [-0.25, -0.2) is 4.79 Å². The van der Waals surface area contributed by atoms with Gasteiger partial charge in [0.1, 0.15) is 10.8 Å². The monoisotopic (exact) mass is 347 g/mol. The summed E-state index contributed by atoms with van der Waals surface area (Å²) in [5, 5.41) is 3.32. The van der Waals surface area contributed by atoms with Crippen LogP contribution in [0, 0.1) is 0 Å². The molecular weight excluding hydrogens is 326 g/mol. The lowest BCUT2D eigenvalue weighted by molar-refractivity contribution is 0.0528. The second-order valence-electron chi connectivity index (χ2n) is 4.91. The Kier molecular flexibility index (Phi) is 6.37. The van der Waals surface area contributed by atoms with E-state index in [1.165, 1.54) is 11.3 Å². The summed E-state index contributed by atoms with van der Waals surface area (Å²) in [5.74, 6) is -0.224. The summed E-state index contributed by atoms with van der Waals surface area (Å²) in [6.07, 6.45) is 0.780. The van der Waals surface area contributed by atoms with Crippen LogP contribution in [0.5, 0.6) is 5.75 Å². The SMILES string of the molecule is CCOC(=O)c1cc(CC)sc1NC(=O)c1ccccc1OCC. The quantitative estimate of drug-likeness (QED) is 0.765. The Morgan fingerprint density at radius 3 is 2.50 bits per heavy atom. The summed E-state index contributed by atoms with van der Waals surface area (Å²) in [6, 6.07) is 8.80. The number of thiophene rings is 1. The number of hydrogen-bond donors (Lipinski definition) is 1. The van der Waals surface area contributed by atoms with Gasteiger partial charge in [-0.15, -0.1) is 11.3 Å². The second kappa shape index (κ2) is 8.49. The lowest BCUT2D eigenvalue weighted by atomic mass is 10.2. The van der Waals surface area contributed by atoms with Crippen molar-refractivity contribution in [3.8, 4) is 5.75 Å². The number of esters is 1. The molecule has 1 aromatic carbocycles. The van der Waals surface area contributed by atoms with Crippen molar-refractivity contribution in [1.82, 2.24) is 0 Å². The van der Waals surface area contributed by atoms with Gasteiger partial charge in [-0.05, 0) is 38.5 Å². The first-order valence-corrected chi connectivity index (χ1v) is 8.75. The summed E-state index contributed by atoms with van der Waals surface area (Å²) >= 11 is 1.38. The molecule has 5 nitrogen and oxygen atoms in total. The molecule has 0 fully saturated rings. The highest BCUT2D eigenvalue weighted by Crippen LogP contribution is 2.30. The number of hydrogen-bond acceptors (Lipinski definition) is 5. The fraction of sp³-hybridized carbons (Fsp3) is 0.333. The first kappa shape index (κ1) is 18.0. The molecule has 0 aliphatic rings. The maximum absolute atomic E-state index is 12.6. The largest absolute Gasteiger partial charge is 0.493 e. The molecule has 2 aromatic rings. The smallest absolute Gasteiger partial charge is 0.341 e. The van der Waals surface area contributed by atoms with Crippen molar-refractivity contribution in [1.29, 1.82) is 0 Å². The molecule has 24 heavy (non-hydrogen) atoms. The molecule has 1 N–H and O–H groups in total. The molecule has 0 unspecified atom stereocenters. The molecule has 1 aromatic heterocycles. The molecule has 0 saturated heterocycles. The molecule has 1 amide bonds. The van der Waals surface area contributed by atoms with Gasteiger partial charge in [-0.3, -0.25) is 4.79 Å². The molecule has 128 valence electrons. The van der Waals surface area contributed by atoms with Gasteiger partial charge in [0.2, 0.25) is 0 Å². The minimum atomic E-state index is -0.429. The Balaban J connectivity index is 2.29. The molecule has 0 bridgehead atoms. The Morgan fingerprint density at radius 1 is 1.08 bits per heavy atom. The average Bonchev–Trinajstić information content (AvgIpc) is 2.99. The van der Waals surface area contributed by atoms with E-state index in [9.17, 15) is 9.59 Å². The number of carbonyl (C=O) groups excluding carboxylic acids is 2. The molecule has 0 atom stereocenters. The highest BCUT2D eigenvalue weighted by atomic mass is 32.1. The van der Waals surface area contributed by atoms with E-state index in [0.717, 1.165) is 11.3 Å². The van der Waals surface area contributed by atoms with Crippen LogP contribution in [-0.2, 0) is 11.2 Å². The number of para-hydroxylation sites is 1. The molecule has 0 aliphatic carbocycles. The Morgan fingerprint density at radius 2 is 1.83 bits per heavy atom.